The second kappa shape index (κ2) is 6.37. The van der Waals surface area contributed by atoms with Crippen LogP contribution < -0.4 is 5.73 Å². The molecule has 0 unspecified atom stereocenters. The van der Waals surface area contributed by atoms with Crippen molar-refractivity contribution in [3.63, 3.8) is 0 Å². The van der Waals surface area contributed by atoms with Crippen LogP contribution in [0, 0.1) is 5.92 Å². The molecular weight excluding hydrogens is 278 g/mol. The fourth-order valence-electron chi connectivity index (χ4n) is 1.50. The highest BCUT2D eigenvalue weighted by molar-refractivity contribution is 7.87. The quantitative estimate of drug-likeness (QED) is 0.841. The van der Waals surface area contributed by atoms with Gasteiger partial charge in [-0.25, -0.2) is 4.79 Å². The van der Waals surface area contributed by atoms with E-state index in [0.717, 1.165) is 5.56 Å². The molecule has 1 atom stereocenters. The highest BCUT2D eigenvalue weighted by Gasteiger charge is 2.26. The van der Waals surface area contributed by atoms with Crippen LogP contribution in [0.1, 0.15) is 39.2 Å². The minimum Gasteiger partial charge on any atom is -0.341 e. The fraction of sp³-hybridized carbons (Fsp3) is 0.500. The summed E-state index contributed by atoms with van der Waals surface area (Å²) >= 11 is 0. The lowest BCUT2D eigenvalue weighted by molar-refractivity contribution is -0.136. The van der Waals surface area contributed by atoms with Crippen molar-refractivity contribution in [2.45, 2.75) is 44.6 Å². The van der Waals surface area contributed by atoms with Crippen LogP contribution in [0.3, 0.4) is 0 Å². The minimum atomic E-state index is -4.11. The second-order valence-corrected chi connectivity index (χ2v) is 6.90. The summed E-state index contributed by atoms with van der Waals surface area (Å²) in [5.74, 6) is -0.836. The number of nitrogens with two attached hydrogens (primary N) is 1. The molecule has 0 fully saturated rings. The average molecular weight is 299 g/mol. The van der Waals surface area contributed by atoms with Gasteiger partial charge in [-0.2, -0.15) is 8.42 Å². The van der Waals surface area contributed by atoms with Gasteiger partial charge in [0.2, 0.25) is 0 Å². The Hall–Kier alpha value is -1.40. The van der Waals surface area contributed by atoms with Crippen LogP contribution in [0.5, 0.6) is 0 Å². The first-order chi connectivity index (χ1) is 9.15. The van der Waals surface area contributed by atoms with Gasteiger partial charge in [-0.05, 0) is 29.5 Å². The Bertz CT molecular complexity index is 561. The van der Waals surface area contributed by atoms with Gasteiger partial charge in [0.1, 0.15) is 10.9 Å². The van der Waals surface area contributed by atoms with E-state index in [1.807, 2.05) is 13.8 Å². The molecule has 6 heteroatoms. The molecule has 2 N–H and O–H groups in total. The van der Waals surface area contributed by atoms with Crippen molar-refractivity contribution in [2.24, 2.45) is 11.7 Å². The van der Waals surface area contributed by atoms with Gasteiger partial charge in [-0.1, -0.05) is 39.8 Å². The zero-order chi connectivity index (χ0) is 15.5. The molecule has 0 aliphatic rings. The lowest BCUT2D eigenvalue weighted by atomic mass is 10.0. The van der Waals surface area contributed by atoms with E-state index in [1.54, 1.807) is 26.0 Å². The smallest absolute Gasteiger partial charge is 0.341 e. The number of rotatable bonds is 5. The van der Waals surface area contributed by atoms with Gasteiger partial charge in [-0.15, -0.1) is 0 Å². The molecule has 1 rings (SSSR count). The Morgan fingerprint density at radius 1 is 1.10 bits per heavy atom. The maximum Gasteiger partial charge on any atom is 0.341 e. The third kappa shape index (κ3) is 4.05. The molecule has 0 heterocycles. The summed E-state index contributed by atoms with van der Waals surface area (Å²) in [6.45, 7) is 7.45. The lowest BCUT2D eigenvalue weighted by Gasteiger charge is -2.14. The molecule has 0 saturated heterocycles. The summed E-state index contributed by atoms with van der Waals surface area (Å²) < 4.78 is 28.5. The number of carbonyl (C=O) groups is 1. The van der Waals surface area contributed by atoms with Crippen molar-refractivity contribution in [3.8, 4) is 0 Å². The predicted octanol–water partition coefficient (Wildman–Crippen LogP) is 2.03. The SMILES string of the molecule is CC(C)c1ccc(S(=O)(=O)OC(=O)[C@H](N)C(C)C)cc1. The fourth-order valence-corrected chi connectivity index (χ4v) is 2.40. The van der Waals surface area contributed by atoms with Gasteiger partial charge in [-0.3, -0.25) is 0 Å². The van der Waals surface area contributed by atoms with E-state index in [0.29, 0.717) is 5.92 Å². The zero-order valence-corrected chi connectivity index (χ0v) is 13.0. The average Bonchev–Trinajstić information content (AvgIpc) is 2.37. The van der Waals surface area contributed by atoms with Crippen LogP contribution in [-0.2, 0) is 19.1 Å². The molecule has 0 bridgehead atoms. The normalized spacial score (nSPS) is 13.6. The highest BCUT2D eigenvalue weighted by atomic mass is 32.2. The molecule has 112 valence electrons. The molecule has 5 nitrogen and oxygen atoms in total. The molecule has 1 aromatic carbocycles. The van der Waals surface area contributed by atoms with E-state index in [2.05, 4.69) is 4.18 Å². The second-order valence-electron chi connectivity index (χ2n) is 5.35. The summed E-state index contributed by atoms with van der Waals surface area (Å²) in [4.78, 5) is 11.6. The first-order valence-corrected chi connectivity index (χ1v) is 7.90. The van der Waals surface area contributed by atoms with E-state index in [1.165, 1.54) is 12.1 Å². The van der Waals surface area contributed by atoms with Gasteiger partial charge < -0.3 is 9.92 Å². The van der Waals surface area contributed by atoms with Gasteiger partial charge in [0.25, 0.3) is 0 Å². The van der Waals surface area contributed by atoms with Crippen LogP contribution in [-0.4, -0.2) is 20.4 Å². The zero-order valence-electron chi connectivity index (χ0n) is 12.2. The summed E-state index contributed by atoms with van der Waals surface area (Å²) in [7, 11) is -4.11. The molecule has 0 saturated carbocycles. The molecule has 0 aromatic heterocycles. The standard InChI is InChI=1S/C14H21NO4S/c1-9(2)11-5-7-12(8-6-11)20(17,18)19-14(16)13(15)10(3)4/h5-10,13H,15H2,1-4H3/t13-/m1/s1. The van der Waals surface area contributed by atoms with Crippen molar-refractivity contribution in [1.82, 2.24) is 0 Å². The Labute approximate surface area is 120 Å². The molecule has 0 aliphatic heterocycles. The van der Waals surface area contributed by atoms with E-state index in [-0.39, 0.29) is 10.8 Å². The number of carbonyl (C=O) groups excluding carboxylic acids is 1. The van der Waals surface area contributed by atoms with Gasteiger partial charge in [0.05, 0.1) is 0 Å². The lowest BCUT2D eigenvalue weighted by Crippen LogP contribution is -2.38. The minimum absolute atomic E-state index is 0.0498. The largest absolute Gasteiger partial charge is 0.341 e. The third-order valence-corrected chi connectivity index (χ3v) is 4.25. The van der Waals surface area contributed by atoms with Crippen LogP contribution in [0.15, 0.2) is 29.2 Å². The first-order valence-electron chi connectivity index (χ1n) is 6.49. The van der Waals surface area contributed by atoms with E-state index < -0.39 is 22.1 Å². The Kier molecular flexibility index (Phi) is 5.30. The van der Waals surface area contributed by atoms with Crippen LogP contribution in [0.2, 0.25) is 0 Å². The first kappa shape index (κ1) is 16.7. The molecule has 0 radical (unpaired) electrons. The number of hydrogen-bond acceptors (Lipinski definition) is 5. The van der Waals surface area contributed by atoms with Crippen molar-refractivity contribution in [1.29, 1.82) is 0 Å². The summed E-state index contributed by atoms with van der Waals surface area (Å²) in [5, 5.41) is 0. The Balaban J connectivity index is 2.91. The molecular formula is C14H21NO4S. The van der Waals surface area contributed by atoms with Crippen molar-refractivity contribution in [2.75, 3.05) is 0 Å². The maximum absolute atomic E-state index is 12.0. The number of hydrogen-bond donors (Lipinski definition) is 1. The Morgan fingerprint density at radius 3 is 2.00 bits per heavy atom. The molecule has 20 heavy (non-hydrogen) atoms. The van der Waals surface area contributed by atoms with E-state index in [9.17, 15) is 13.2 Å². The molecule has 1 aromatic rings. The van der Waals surface area contributed by atoms with Crippen LogP contribution in [0.25, 0.3) is 0 Å². The summed E-state index contributed by atoms with van der Waals surface area (Å²) in [5.41, 5.74) is 6.58. The predicted molar refractivity (Wildman–Crippen MR) is 76.6 cm³/mol. The van der Waals surface area contributed by atoms with Gasteiger partial charge >= 0.3 is 16.1 Å². The highest BCUT2D eigenvalue weighted by Crippen LogP contribution is 2.19. The Morgan fingerprint density at radius 2 is 1.60 bits per heavy atom. The van der Waals surface area contributed by atoms with Gasteiger partial charge in [0, 0.05) is 0 Å². The number of benzene rings is 1. The molecule has 0 spiro atoms. The van der Waals surface area contributed by atoms with E-state index >= 15 is 0 Å². The maximum atomic E-state index is 12.0. The van der Waals surface area contributed by atoms with Crippen molar-refractivity contribution in [3.05, 3.63) is 29.8 Å². The van der Waals surface area contributed by atoms with Gasteiger partial charge in [0.15, 0.2) is 0 Å². The van der Waals surface area contributed by atoms with Crippen LogP contribution in [0.4, 0.5) is 0 Å². The van der Waals surface area contributed by atoms with Crippen LogP contribution >= 0.6 is 0 Å². The summed E-state index contributed by atoms with van der Waals surface area (Å²) in [6, 6.07) is 5.30. The van der Waals surface area contributed by atoms with Crippen molar-refractivity contribution >= 4 is 16.1 Å². The monoisotopic (exact) mass is 299 g/mol. The third-order valence-electron chi connectivity index (χ3n) is 3.02. The molecule has 0 amide bonds. The van der Waals surface area contributed by atoms with Crippen molar-refractivity contribution < 1.29 is 17.4 Å². The molecule has 0 aliphatic carbocycles. The van der Waals surface area contributed by atoms with E-state index in [4.69, 9.17) is 5.73 Å². The summed E-state index contributed by atoms with van der Waals surface area (Å²) in [6.07, 6.45) is 0. The topological polar surface area (TPSA) is 86.5 Å².